The van der Waals surface area contributed by atoms with E-state index in [-0.39, 0.29) is 5.41 Å². The van der Waals surface area contributed by atoms with E-state index in [4.69, 9.17) is 0 Å². The van der Waals surface area contributed by atoms with Crippen molar-refractivity contribution in [3.63, 3.8) is 0 Å². The fourth-order valence-corrected chi connectivity index (χ4v) is 11.3. The summed E-state index contributed by atoms with van der Waals surface area (Å²) in [4.78, 5) is 5.59. The standard InChI is InChI=1S/C35H55N3O/c1-23-33-18-25-9-11-30(39)22-32(25)35(23,14-17-37(33)4)13-15-36-27-20-28-6-5-7-29(21-27)38(28)16-12-24-8-10-26-19-31(24)34(26,2)3/h9,11,22-24,26-29,31,33,36,39H,5-8,10,12-21H2,1-4H3/t23-,24-,26-,27?,28-,29+,31-,33+,35+/m0/s1. The van der Waals surface area contributed by atoms with Crippen LogP contribution in [0.25, 0.3) is 0 Å². The molecule has 216 valence electrons. The van der Waals surface area contributed by atoms with Gasteiger partial charge in [0.05, 0.1) is 0 Å². The van der Waals surface area contributed by atoms with Gasteiger partial charge in [0.2, 0.25) is 0 Å². The average molecular weight is 534 g/mol. The molecule has 6 bridgehead atoms. The van der Waals surface area contributed by atoms with Crippen LogP contribution in [0, 0.1) is 29.1 Å². The number of likely N-dealkylation sites (tertiary alicyclic amines) is 1. The third-order valence-corrected chi connectivity index (χ3v) is 13.9. The largest absolute Gasteiger partial charge is 0.508 e. The van der Waals surface area contributed by atoms with Gasteiger partial charge in [-0.05, 0) is 150 Å². The number of phenolic OH excluding ortho intramolecular Hbond substituents is 1. The maximum atomic E-state index is 10.4. The Kier molecular flexibility index (Phi) is 6.88. The van der Waals surface area contributed by atoms with Crippen LogP contribution in [0.15, 0.2) is 18.2 Å². The molecule has 3 heterocycles. The molecule has 1 unspecified atom stereocenters. The monoisotopic (exact) mass is 533 g/mol. The van der Waals surface area contributed by atoms with Crippen LogP contribution in [0.5, 0.6) is 5.75 Å². The molecule has 0 radical (unpaired) electrons. The van der Waals surface area contributed by atoms with Gasteiger partial charge in [0.15, 0.2) is 0 Å². The highest BCUT2D eigenvalue weighted by Gasteiger charge is 2.54. The summed E-state index contributed by atoms with van der Waals surface area (Å²) in [5, 5.41) is 14.5. The molecule has 2 N–H and O–H groups in total. The van der Waals surface area contributed by atoms with Gasteiger partial charge >= 0.3 is 0 Å². The topological polar surface area (TPSA) is 38.7 Å². The Morgan fingerprint density at radius 3 is 2.59 bits per heavy atom. The molecular formula is C35H55N3O. The second-order valence-electron chi connectivity index (χ2n) is 15.6. The molecule has 9 atom stereocenters. The molecule has 6 fully saturated rings. The molecule has 7 aliphatic rings. The van der Waals surface area contributed by atoms with E-state index in [1.54, 1.807) is 0 Å². The lowest BCUT2D eigenvalue weighted by atomic mass is 9.45. The highest BCUT2D eigenvalue weighted by molar-refractivity contribution is 5.44. The molecule has 4 nitrogen and oxygen atoms in total. The summed E-state index contributed by atoms with van der Waals surface area (Å²) in [6, 6.07) is 9.14. The quantitative estimate of drug-likeness (QED) is 0.428. The first kappa shape index (κ1) is 26.8. The zero-order chi connectivity index (χ0) is 26.9. The second kappa shape index (κ2) is 10.0. The van der Waals surface area contributed by atoms with E-state index in [9.17, 15) is 5.11 Å². The van der Waals surface area contributed by atoms with Crippen molar-refractivity contribution in [2.75, 3.05) is 26.7 Å². The summed E-state index contributed by atoms with van der Waals surface area (Å²) >= 11 is 0. The number of piperidine rings is 3. The van der Waals surface area contributed by atoms with Gasteiger partial charge in [-0.1, -0.05) is 33.3 Å². The molecule has 0 amide bonds. The second-order valence-corrected chi connectivity index (χ2v) is 15.6. The van der Waals surface area contributed by atoms with E-state index < -0.39 is 0 Å². The molecule has 4 heteroatoms. The molecule has 3 aliphatic heterocycles. The van der Waals surface area contributed by atoms with E-state index in [2.05, 4.69) is 55.1 Å². The Bertz CT molecular complexity index is 1040. The number of phenols is 1. The first-order valence-corrected chi connectivity index (χ1v) is 16.8. The molecule has 0 spiro atoms. The lowest BCUT2D eigenvalue weighted by molar-refractivity contribution is -0.111. The van der Waals surface area contributed by atoms with Crippen molar-refractivity contribution in [3.8, 4) is 5.75 Å². The Hall–Kier alpha value is -1.10. The van der Waals surface area contributed by atoms with Crippen molar-refractivity contribution in [1.29, 1.82) is 0 Å². The summed E-state index contributed by atoms with van der Waals surface area (Å²) in [6.45, 7) is 11.3. The van der Waals surface area contributed by atoms with Gasteiger partial charge in [-0.3, -0.25) is 4.90 Å². The first-order chi connectivity index (χ1) is 18.8. The van der Waals surface area contributed by atoms with Gasteiger partial charge in [-0.25, -0.2) is 0 Å². The Morgan fingerprint density at radius 2 is 1.85 bits per heavy atom. The maximum Gasteiger partial charge on any atom is 0.115 e. The molecule has 39 heavy (non-hydrogen) atoms. The molecule has 3 saturated heterocycles. The summed E-state index contributed by atoms with van der Waals surface area (Å²) < 4.78 is 0. The summed E-state index contributed by atoms with van der Waals surface area (Å²) in [7, 11) is 2.32. The number of hydrogen-bond acceptors (Lipinski definition) is 4. The molecule has 3 saturated carbocycles. The van der Waals surface area contributed by atoms with Crippen molar-refractivity contribution in [2.45, 2.75) is 127 Å². The minimum atomic E-state index is 0.196. The minimum absolute atomic E-state index is 0.196. The van der Waals surface area contributed by atoms with E-state index >= 15 is 0 Å². The van der Waals surface area contributed by atoms with Crippen LogP contribution in [0.2, 0.25) is 0 Å². The zero-order valence-electron chi connectivity index (χ0n) is 25.3. The first-order valence-electron chi connectivity index (χ1n) is 16.8. The third kappa shape index (κ3) is 4.41. The highest BCUT2D eigenvalue weighted by Crippen LogP contribution is 2.62. The van der Waals surface area contributed by atoms with Crippen LogP contribution in [0.1, 0.15) is 103 Å². The molecule has 0 aromatic heterocycles. The van der Waals surface area contributed by atoms with Crippen LogP contribution in [-0.2, 0) is 11.8 Å². The molecular weight excluding hydrogens is 478 g/mol. The van der Waals surface area contributed by atoms with Crippen LogP contribution in [0.4, 0.5) is 0 Å². The van der Waals surface area contributed by atoms with Gasteiger partial charge in [-0.15, -0.1) is 0 Å². The summed E-state index contributed by atoms with van der Waals surface area (Å²) in [5.74, 6) is 4.08. The maximum absolute atomic E-state index is 10.4. The zero-order valence-corrected chi connectivity index (χ0v) is 25.3. The lowest BCUT2D eigenvalue weighted by Gasteiger charge is -2.60. The molecule has 1 aromatic carbocycles. The van der Waals surface area contributed by atoms with Crippen molar-refractivity contribution in [3.05, 3.63) is 29.3 Å². The van der Waals surface area contributed by atoms with Gasteiger partial charge in [0.25, 0.3) is 0 Å². The molecule has 4 aliphatic carbocycles. The van der Waals surface area contributed by atoms with Crippen LogP contribution >= 0.6 is 0 Å². The Labute approximate surface area is 238 Å². The van der Waals surface area contributed by atoms with E-state index in [1.807, 2.05) is 6.07 Å². The Balaban J connectivity index is 0.979. The number of nitrogens with zero attached hydrogens (tertiary/aromatic N) is 2. The highest BCUT2D eigenvalue weighted by atomic mass is 16.3. The normalized spacial score (nSPS) is 43.0. The van der Waals surface area contributed by atoms with Gasteiger partial charge in [0.1, 0.15) is 5.75 Å². The molecule has 8 rings (SSSR count). The minimum Gasteiger partial charge on any atom is -0.508 e. The number of aromatic hydroxyl groups is 1. The number of rotatable bonds is 7. The smallest absolute Gasteiger partial charge is 0.115 e. The van der Waals surface area contributed by atoms with Crippen molar-refractivity contribution < 1.29 is 5.11 Å². The fraction of sp³-hybridized carbons (Fsp3) is 0.829. The predicted molar refractivity (Wildman–Crippen MR) is 160 cm³/mol. The van der Waals surface area contributed by atoms with Crippen molar-refractivity contribution in [2.24, 2.45) is 29.1 Å². The lowest BCUT2D eigenvalue weighted by Crippen LogP contribution is -2.59. The van der Waals surface area contributed by atoms with Crippen LogP contribution in [-0.4, -0.2) is 65.8 Å². The van der Waals surface area contributed by atoms with Crippen LogP contribution in [0.3, 0.4) is 0 Å². The van der Waals surface area contributed by atoms with Gasteiger partial charge < -0.3 is 15.3 Å². The Morgan fingerprint density at radius 1 is 1.05 bits per heavy atom. The van der Waals surface area contributed by atoms with E-state index in [1.165, 1.54) is 94.8 Å². The van der Waals surface area contributed by atoms with Crippen molar-refractivity contribution >= 4 is 0 Å². The van der Waals surface area contributed by atoms with E-state index in [0.717, 1.165) is 42.8 Å². The van der Waals surface area contributed by atoms with E-state index in [0.29, 0.717) is 29.2 Å². The number of fused-ring (bicyclic) bond motifs is 8. The number of likely N-dealkylation sites (N-methyl/N-ethyl adjacent to an activating group) is 1. The number of benzene rings is 1. The van der Waals surface area contributed by atoms with Gasteiger partial charge in [-0.2, -0.15) is 0 Å². The fourth-order valence-electron chi connectivity index (χ4n) is 11.3. The summed E-state index contributed by atoms with van der Waals surface area (Å²) in [6.07, 6.45) is 16.5. The van der Waals surface area contributed by atoms with Crippen LogP contribution < -0.4 is 5.32 Å². The number of nitrogens with one attached hydrogen (secondary N) is 1. The SMILES string of the molecule is C[C@H]1[C@H]2Cc3ccc(O)cc3[C@]1(CCNC1C[C@H]3CCC[C@@H](C1)N3CC[C@@H]1CC[C@H]3C[C@@H]1C3(C)C)CCN2C. The average Bonchev–Trinajstić information content (AvgIpc) is 2.91. The number of hydrogen-bond donors (Lipinski definition) is 2. The third-order valence-electron chi connectivity index (χ3n) is 13.9. The predicted octanol–water partition coefficient (Wildman–Crippen LogP) is 6.35. The van der Waals surface area contributed by atoms with Gasteiger partial charge in [0, 0.05) is 29.6 Å². The summed E-state index contributed by atoms with van der Waals surface area (Å²) in [5.41, 5.74) is 3.75. The van der Waals surface area contributed by atoms with Crippen molar-refractivity contribution in [1.82, 2.24) is 15.1 Å². The molecule has 1 aromatic rings.